The summed E-state index contributed by atoms with van der Waals surface area (Å²) in [4.78, 5) is 6.97. The highest BCUT2D eigenvalue weighted by molar-refractivity contribution is 9.10. The molecule has 0 radical (unpaired) electrons. The Balaban J connectivity index is 2.05. The predicted molar refractivity (Wildman–Crippen MR) is 84.9 cm³/mol. The summed E-state index contributed by atoms with van der Waals surface area (Å²) in [6.07, 6.45) is 8.15. The molecule has 1 saturated heterocycles. The average Bonchev–Trinajstić information content (AvgIpc) is 2.70. The van der Waals surface area contributed by atoms with Gasteiger partial charge in [0.15, 0.2) is 0 Å². The Labute approximate surface area is 124 Å². The Morgan fingerprint density at radius 1 is 1.32 bits per heavy atom. The maximum absolute atomic E-state index is 4.52. The van der Waals surface area contributed by atoms with E-state index in [0.29, 0.717) is 0 Å². The zero-order chi connectivity index (χ0) is 13.5. The lowest BCUT2D eigenvalue weighted by atomic mass is 10.1. The maximum Gasteiger partial charge on any atom is 0.109 e. The van der Waals surface area contributed by atoms with Gasteiger partial charge in [-0.2, -0.15) is 0 Å². The van der Waals surface area contributed by atoms with Crippen LogP contribution in [0.3, 0.4) is 0 Å². The largest absolute Gasteiger partial charge is 0.369 e. The number of unbranched alkanes of at least 4 members (excludes halogenated alkanes) is 2. The fourth-order valence-electron chi connectivity index (χ4n) is 2.50. The SMILES string of the molecule is CCCCCc1cc(N2CCCNCC2)cnc1Br. The van der Waals surface area contributed by atoms with Gasteiger partial charge >= 0.3 is 0 Å². The molecule has 0 bridgehead atoms. The molecule has 0 amide bonds. The first kappa shape index (κ1) is 14.8. The van der Waals surface area contributed by atoms with Crippen LogP contribution in [0.1, 0.15) is 38.2 Å². The molecule has 0 unspecified atom stereocenters. The van der Waals surface area contributed by atoms with E-state index in [9.17, 15) is 0 Å². The fraction of sp³-hybridized carbons (Fsp3) is 0.667. The smallest absolute Gasteiger partial charge is 0.109 e. The molecule has 1 fully saturated rings. The van der Waals surface area contributed by atoms with E-state index in [4.69, 9.17) is 0 Å². The summed E-state index contributed by atoms with van der Waals surface area (Å²) in [6, 6.07) is 2.32. The van der Waals surface area contributed by atoms with Crippen LogP contribution in [0, 0.1) is 0 Å². The van der Waals surface area contributed by atoms with Crippen LogP contribution in [0.5, 0.6) is 0 Å². The molecule has 106 valence electrons. The molecule has 0 aromatic carbocycles. The average molecular weight is 326 g/mol. The van der Waals surface area contributed by atoms with Gasteiger partial charge in [0, 0.05) is 19.6 Å². The molecule has 0 saturated carbocycles. The van der Waals surface area contributed by atoms with Crippen molar-refractivity contribution >= 4 is 21.6 Å². The molecule has 1 aliphatic rings. The standard InChI is InChI=1S/C15H24BrN3/c1-2-3-4-6-13-11-14(12-18-15(13)16)19-9-5-7-17-8-10-19/h11-12,17H,2-10H2,1H3. The molecule has 0 aliphatic carbocycles. The van der Waals surface area contributed by atoms with E-state index in [1.54, 1.807) is 0 Å². The Morgan fingerprint density at radius 2 is 2.21 bits per heavy atom. The summed E-state index contributed by atoms with van der Waals surface area (Å²) >= 11 is 3.58. The molecule has 3 nitrogen and oxygen atoms in total. The van der Waals surface area contributed by atoms with Crippen molar-refractivity contribution in [3.8, 4) is 0 Å². The zero-order valence-electron chi connectivity index (χ0n) is 11.8. The van der Waals surface area contributed by atoms with Gasteiger partial charge in [-0.05, 0) is 53.4 Å². The predicted octanol–water partition coefficient (Wildman–Crippen LogP) is 3.38. The molecule has 1 aliphatic heterocycles. The van der Waals surface area contributed by atoms with E-state index in [-0.39, 0.29) is 0 Å². The van der Waals surface area contributed by atoms with Crippen LogP contribution in [-0.4, -0.2) is 31.2 Å². The van der Waals surface area contributed by atoms with E-state index < -0.39 is 0 Å². The summed E-state index contributed by atoms with van der Waals surface area (Å²) < 4.78 is 1.01. The molecular weight excluding hydrogens is 302 g/mol. The number of rotatable bonds is 5. The number of hydrogen-bond acceptors (Lipinski definition) is 3. The molecule has 2 rings (SSSR count). The number of aryl methyl sites for hydroxylation is 1. The second-order valence-corrected chi connectivity index (χ2v) is 5.94. The number of pyridine rings is 1. The first-order chi connectivity index (χ1) is 9.31. The first-order valence-electron chi connectivity index (χ1n) is 7.41. The van der Waals surface area contributed by atoms with E-state index in [1.807, 2.05) is 6.20 Å². The number of nitrogens with one attached hydrogen (secondary N) is 1. The third-order valence-electron chi connectivity index (χ3n) is 3.65. The van der Waals surface area contributed by atoms with Gasteiger partial charge < -0.3 is 10.2 Å². The van der Waals surface area contributed by atoms with Gasteiger partial charge in [-0.25, -0.2) is 4.98 Å². The van der Waals surface area contributed by atoms with E-state index >= 15 is 0 Å². The lowest BCUT2D eigenvalue weighted by molar-refractivity contribution is 0.713. The van der Waals surface area contributed by atoms with Crippen LogP contribution >= 0.6 is 15.9 Å². The Bertz CT molecular complexity index is 387. The van der Waals surface area contributed by atoms with Crippen molar-refractivity contribution in [1.29, 1.82) is 0 Å². The Kier molecular flexibility index (Phi) is 6.11. The molecule has 2 heterocycles. The van der Waals surface area contributed by atoms with Crippen LogP contribution < -0.4 is 10.2 Å². The normalized spacial score (nSPS) is 16.4. The van der Waals surface area contributed by atoms with Gasteiger partial charge in [0.25, 0.3) is 0 Å². The quantitative estimate of drug-likeness (QED) is 0.664. The lowest BCUT2D eigenvalue weighted by Crippen LogP contribution is -2.28. The maximum atomic E-state index is 4.52. The van der Waals surface area contributed by atoms with Crippen LogP contribution in [0.4, 0.5) is 5.69 Å². The second kappa shape index (κ2) is 7.85. The Hall–Kier alpha value is -0.610. The van der Waals surface area contributed by atoms with Gasteiger partial charge in [-0.3, -0.25) is 0 Å². The summed E-state index contributed by atoms with van der Waals surface area (Å²) in [6.45, 7) is 6.65. The molecule has 19 heavy (non-hydrogen) atoms. The van der Waals surface area contributed by atoms with Crippen molar-refractivity contribution in [2.24, 2.45) is 0 Å². The molecule has 0 atom stereocenters. The van der Waals surface area contributed by atoms with Crippen molar-refractivity contribution in [2.75, 3.05) is 31.1 Å². The van der Waals surface area contributed by atoms with Gasteiger partial charge in [0.05, 0.1) is 11.9 Å². The molecule has 0 spiro atoms. The van der Waals surface area contributed by atoms with Crippen LogP contribution in [0.25, 0.3) is 0 Å². The Morgan fingerprint density at radius 3 is 3.05 bits per heavy atom. The third kappa shape index (κ3) is 4.46. The number of halogens is 1. The number of nitrogens with zero attached hydrogens (tertiary/aromatic N) is 2. The van der Waals surface area contributed by atoms with Gasteiger partial charge in [-0.15, -0.1) is 0 Å². The van der Waals surface area contributed by atoms with E-state index in [2.05, 4.69) is 44.1 Å². The first-order valence-corrected chi connectivity index (χ1v) is 8.20. The second-order valence-electron chi connectivity index (χ2n) is 5.19. The minimum Gasteiger partial charge on any atom is -0.369 e. The summed E-state index contributed by atoms with van der Waals surface area (Å²) in [7, 11) is 0. The summed E-state index contributed by atoms with van der Waals surface area (Å²) in [5.41, 5.74) is 2.63. The van der Waals surface area contributed by atoms with Crippen molar-refractivity contribution in [1.82, 2.24) is 10.3 Å². The number of anilines is 1. The van der Waals surface area contributed by atoms with Crippen LogP contribution in [-0.2, 0) is 6.42 Å². The topological polar surface area (TPSA) is 28.2 Å². The molecular formula is C15H24BrN3. The van der Waals surface area contributed by atoms with Crippen molar-refractivity contribution < 1.29 is 0 Å². The van der Waals surface area contributed by atoms with Gasteiger partial charge in [0.2, 0.25) is 0 Å². The molecule has 4 heteroatoms. The highest BCUT2D eigenvalue weighted by atomic mass is 79.9. The van der Waals surface area contributed by atoms with E-state index in [1.165, 1.54) is 36.9 Å². The monoisotopic (exact) mass is 325 g/mol. The fourth-order valence-corrected chi connectivity index (χ4v) is 2.91. The van der Waals surface area contributed by atoms with Gasteiger partial charge in [0.1, 0.15) is 4.60 Å². The lowest BCUT2D eigenvalue weighted by Gasteiger charge is -2.22. The molecule has 1 N–H and O–H groups in total. The highest BCUT2D eigenvalue weighted by Gasteiger charge is 2.11. The van der Waals surface area contributed by atoms with Gasteiger partial charge in [-0.1, -0.05) is 19.8 Å². The van der Waals surface area contributed by atoms with Crippen molar-refractivity contribution in [3.63, 3.8) is 0 Å². The molecule has 1 aromatic rings. The summed E-state index contributed by atoms with van der Waals surface area (Å²) in [5.74, 6) is 0. The van der Waals surface area contributed by atoms with E-state index in [0.717, 1.165) is 37.2 Å². The highest BCUT2D eigenvalue weighted by Crippen LogP contribution is 2.23. The minimum absolute atomic E-state index is 1.01. The van der Waals surface area contributed by atoms with Crippen LogP contribution in [0.2, 0.25) is 0 Å². The minimum atomic E-state index is 1.01. The number of aromatic nitrogens is 1. The molecule has 1 aromatic heterocycles. The third-order valence-corrected chi connectivity index (χ3v) is 4.37. The van der Waals surface area contributed by atoms with Crippen molar-refractivity contribution in [2.45, 2.75) is 39.0 Å². The zero-order valence-corrected chi connectivity index (χ0v) is 13.4. The summed E-state index contributed by atoms with van der Waals surface area (Å²) in [5, 5.41) is 3.44. The number of hydrogen-bond donors (Lipinski definition) is 1. The van der Waals surface area contributed by atoms with Crippen LogP contribution in [0.15, 0.2) is 16.9 Å². The van der Waals surface area contributed by atoms with Crippen molar-refractivity contribution in [3.05, 3.63) is 22.4 Å².